The number of rotatable bonds is 5. The average molecular weight is 277 g/mol. The summed E-state index contributed by atoms with van der Waals surface area (Å²) in [5, 5.41) is 13.9. The molecule has 1 aliphatic heterocycles. The Morgan fingerprint density at radius 2 is 1.95 bits per heavy atom. The van der Waals surface area contributed by atoms with Gasteiger partial charge in [-0.3, -0.25) is 0 Å². The molecule has 0 aliphatic carbocycles. The number of hydrogen-bond donors (Lipinski definition) is 2. The lowest BCUT2D eigenvalue weighted by atomic mass is 9.93. The van der Waals surface area contributed by atoms with Crippen LogP contribution in [-0.4, -0.2) is 23.3 Å². The van der Waals surface area contributed by atoms with E-state index in [1.165, 1.54) is 12.8 Å². The molecule has 3 nitrogen and oxygen atoms in total. The molecule has 112 valence electrons. The smallest absolute Gasteiger partial charge is 0.119 e. The Labute approximate surface area is 122 Å². The van der Waals surface area contributed by atoms with Gasteiger partial charge >= 0.3 is 0 Å². The van der Waals surface area contributed by atoms with Crippen molar-refractivity contribution in [1.29, 1.82) is 0 Å². The van der Waals surface area contributed by atoms with Gasteiger partial charge in [0.05, 0.1) is 12.2 Å². The maximum atomic E-state index is 10.4. The standard InChI is InChI=1S/C17H27NO2/c1-12(2)20-16-9-7-14(8-10-16)17(19)11-15-6-4-5-13(3)18-15/h7-10,12-13,15,17-19H,4-6,11H2,1-3H3. The summed E-state index contributed by atoms with van der Waals surface area (Å²) in [6, 6.07) is 8.82. The van der Waals surface area contributed by atoms with E-state index in [1.54, 1.807) is 0 Å². The molecule has 0 bridgehead atoms. The topological polar surface area (TPSA) is 41.5 Å². The Hall–Kier alpha value is -1.06. The van der Waals surface area contributed by atoms with E-state index in [0.717, 1.165) is 24.2 Å². The summed E-state index contributed by atoms with van der Waals surface area (Å²) in [7, 11) is 0. The Morgan fingerprint density at radius 1 is 1.25 bits per heavy atom. The number of aliphatic hydroxyl groups excluding tert-OH is 1. The molecule has 1 aliphatic rings. The third-order valence-electron chi connectivity index (χ3n) is 3.85. The molecular weight excluding hydrogens is 250 g/mol. The minimum atomic E-state index is -0.397. The summed E-state index contributed by atoms with van der Waals surface area (Å²) < 4.78 is 5.62. The van der Waals surface area contributed by atoms with Gasteiger partial charge in [-0.25, -0.2) is 0 Å². The molecule has 1 aromatic rings. The highest BCUT2D eigenvalue weighted by Gasteiger charge is 2.21. The van der Waals surface area contributed by atoms with Crippen molar-refractivity contribution in [3.8, 4) is 5.75 Å². The van der Waals surface area contributed by atoms with E-state index in [1.807, 2.05) is 38.1 Å². The Morgan fingerprint density at radius 3 is 2.55 bits per heavy atom. The maximum absolute atomic E-state index is 10.4. The van der Waals surface area contributed by atoms with E-state index in [9.17, 15) is 5.11 Å². The summed E-state index contributed by atoms with van der Waals surface area (Å²) >= 11 is 0. The fourth-order valence-corrected chi connectivity index (χ4v) is 2.87. The monoisotopic (exact) mass is 277 g/mol. The van der Waals surface area contributed by atoms with Crippen molar-refractivity contribution in [2.75, 3.05) is 0 Å². The van der Waals surface area contributed by atoms with Crippen LogP contribution in [0.1, 0.15) is 58.1 Å². The van der Waals surface area contributed by atoms with Crippen molar-refractivity contribution in [2.45, 2.75) is 70.7 Å². The summed E-state index contributed by atoms with van der Waals surface area (Å²) in [4.78, 5) is 0. The zero-order valence-corrected chi connectivity index (χ0v) is 12.8. The number of hydrogen-bond acceptors (Lipinski definition) is 3. The highest BCUT2D eigenvalue weighted by Crippen LogP contribution is 2.25. The van der Waals surface area contributed by atoms with Crippen LogP contribution in [-0.2, 0) is 0 Å². The number of aliphatic hydroxyl groups is 1. The van der Waals surface area contributed by atoms with Crippen molar-refractivity contribution in [1.82, 2.24) is 5.32 Å². The Bertz CT molecular complexity index is 402. The van der Waals surface area contributed by atoms with Crippen molar-refractivity contribution >= 4 is 0 Å². The van der Waals surface area contributed by atoms with Crippen LogP contribution >= 0.6 is 0 Å². The molecule has 0 spiro atoms. The SMILES string of the molecule is CC1CCCC(CC(O)c2ccc(OC(C)C)cc2)N1. The number of nitrogens with one attached hydrogen (secondary N) is 1. The van der Waals surface area contributed by atoms with E-state index >= 15 is 0 Å². The molecule has 1 fully saturated rings. The minimum Gasteiger partial charge on any atom is -0.491 e. The predicted octanol–water partition coefficient (Wildman–Crippen LogP) is 3.43. The normalized spacial score (nSPS) is 24.6. The lowest BCUT2D eigenvalue weighted by molar-refractivity contribution is 0.139. The van der Waals surface area contributed by atoms with E-state index in [-0.39, 0.29) is 6.10 Å². The first kappa shape index (κ1) is 15.3. The van der Waals surface area contributed by atoms with E-state index in [4.69, 9.17) is 4.74 Å². The van der Waals surface area contributed by atoms with Gasteiger partial charge in [0, 0.05) is 12.1 Å². The highest BCUT2D eigenvalue weighted by molar-refractivity contribution is 5.28. The fourth-order valence-electron chi connectivity index (χ4n) is 2.87. The molecule has 1 saturated heterocycles. The van der Waals surface area contributed by atoms with E-state index in [2.05, 4.69) is 12.2 Å². The lowest BCUT2D eigenvalue weighted by Gasteiger charge is -2.30. The van der Waals surface area contributed by atoms with E-state index < -0.39 is 6.10 Å². The van der Waals surface area contributed by atoms with Crippen LogP contribution in [0, 0.1) is 0 Å². The summed E-state index contributed by atoms with van der Waals surface area (Å²) in [6.07, 6.45) is 4.23. The van der Waals surface area contributed by atoms with Gasteiger partial charge < -0.3 is 15.2 Å². The highest BCUT2D eigenvalue weighted by atomic mass is 16.5. The van der Waals surface area contributed by atoms with Gasteiger partial charge in [0.1, 0.15) is 5.75 Å². The van der Waals surface area contributed by atoms with Crippen molar-refractivity contribution in [2.24, 2.45) is 0 Å². The van der Waals surface area contributed by atoms with Gasteiger partial charge in [0.25, 0.3) is 0 Å². The molecule has 2 rings (SSSR count). The summed E-state index contributed by atoms with van der Waals surface area (Å²) in [6.45, 7) is 6.24. The second-order valence-electron chi connectivity index (χ2n) is 6.18. The molecule has 20 heavy (non-hydrogen) atoms. The summed E-state index contributed by atoms with van der Waals surface area (Å²) in [5.74, 6) is 0.861. The van der Waals surface area contributed by atoms with Crippen LogP contribution in [0.5, 0.6) is 5.75 Å². The second kappa shape index (κ2) is 7.09. The van der Waals surface area contributed by atoms with Crippen molar-refractivity contribution in [3.05, 3.63) is 29.8 Å². The average Bonchev–Trinajstić information content (AvgIpc) is 2.38. The van der Waals surface area contributed by atoms with Gasteiger partial charge in [0.2, 0.25) is 0 Å². The first-order valence-corrected chi connectivity index (χ1v) is 7.75. The van der Waals surface area contributed by atoms with E-state index in [0.29, 0.717) is 12.1 Å². The first-order chi connectivity index (χ1) is 9.54. The minimum absolute atomic E-state index is 0.179. The van der Waals surface area contributed by atoms with Gasteiger partial charge in [-0.05, 0) is 57.7 Å². The van der Waals surface area contributed by atoms with Crippen LogP contribution in [0.2, 0.25) is 0 Å². The van der Waals surface area contributed by atoms with Crippen molar-refractivity contribution < 1.29 is 9.84 Å². The first-order valence-electron chi connectivity index (χ1n) is 7.75. The second-order valence-corrected chi connectivity index (χ2v) is 6.18. The van der Waals surface area contributed by atoms with Crippen LogP contribution in [0.4, 0.5) is 0 Å². The quantitative estimate of drug-likeness (QED) is 0.866. The molecule has 1 aromatic carbocycles. The van der Waals surface area contributed by atoms with Crippen LogP contribution in [0.15, 0.2) is 24.3 Å². The molecule has 3 heteroatoms. The third-order valence-corrected chi connectivity index (χ3v) is 3.85. The molecule has 0 saturated carbocycles. The third kappa shape index (κ3) is 4.50. The van der Waals surface area contributed by atoms with Gasteiger partial charge in [0.15, 0.2) is 0 Å². The number of benzene rings is 1. The maximum Gasteiger partial charge on any atom is 0.119 e. The largest absolute Gasteiger partial charge is 0.491 e. The molecule has 0 amide bonds. The molecule has 0 aromatic heterocycles. The molecule has 0 radical (unpaired) electrons. The van der Waals surface area contributed by atoms with Crippen LogP contribution in [0.3, 0.4) is 0 Å². The molecule has 3 unspecified atom stereocenters. The molecule has 2 N–H and O–H groups in total. The van der Waals surface area contributed by atoms with Crippen LogP contribution in [0.25, 0.3) is 0 Å². The zero-order valence-electron chi connectivity index (χ0n) is 12.8. The number of ether oxygens (including phenoxy) is 1. The molecular formula is C17H27NO2. The Balaban J connectivity index is 1.90. The van der Waals surface area contributed by atoms with Gasteiger partial charge in [-0.15, -0.1) is 0 Å². The zero-order chi connectivity index (χ0) is 14.5. The predicted molar refractivity (Wildman–Crippen MR) is 82.0 cm³/mol. The molecule has 1 heterocycles. The lowest BCUT2D eigenvalue weighted by Crippen LogP contribution is -2.41. The van der Waals surface area contributed by atoms with Gasteiger partial charge in [-0.2, -0.15) is 0 Å². The fraction of sp³-hybridized carbons (Fsp3) is 0.647. The van der Waals surface area contributed by atoms with Crippen molar-refractivity contribution in [3.63, 3.8) is 0 Å². The molecule has 3 atom stereocenters. The summed E-state index contributed by atoms with van der Waals surface area (Å²) in [5.41, 5.74) is 0.973. The van der Waals surface area contributed by atoms with Gasteiger partial charge in [-0.1, -0.05) is 18.6 Å². The Kier molecular flexibility index (Phi) is 5.44. The number of piperidine rings is 1. The van der Waals surface area contributed by atoms with Crippen LogP contribution < -0.4 is 10.1 Å².